The van der Waals surface area contributed by atoms with Crippen molar-refractivity contribution in [1.82, 2.24) is 0 Å². The highest BCUT2D eigenvalue weighted by Crippen LogP contribution is 2.52. The van der Waals surface area contributed by atoms with Crippen LogP contribution in [0.25, 0.3) is 0 Å². The van der Waals surface area contributed by atoms with Gasteiger partial charge in [-0.3, -0.25) is 0 Å². The molecule has 4 aromatic rings. The van der Waals surface area contributed by atoms with Gasteiger partial charge in [-0.15, -0.1) is 0 Å². The van der Waals surface area contributed by atoms with Crippen molar-refractivity contribution < 1.29 is 9.47 Å². The van der Waals surface area contributed by atoms with Crippen molar-refractivity contribution >= 4 is 0 Å². The van der Waals surface area contributed by atoms with Crippen LogP contribution in [0.4, 0.5) is 0 Å². The summed E-state index contributed by atoms with van der Waals surface area (Å²) in [5.41, 5.74) is 2.26. The van der Waals surface area contributed by atoms with E-state index in [1.54, 1.807) is 18.2 Å². The zero-order chi connectivity index (χ0) is 21.3. The molecule has 5 rings (SSSR count). The molecule has 1 aliphatic heterocycles. The van der Waals surface area contributed by atoms with E-state index in [1.807, 2.05) is 78.9 Å². The van der Waals surface area contributed by atoms with Crippen LogP contribution in [0.5, 0.6) is 17.2 Å². The summed E-state index contributed by atoms with van der Waals surface area (Å²) in [5, 5.41) is 18.8. The van der Waals surface area contributed by atoms with Gasteiger partial charge in [0.25, 0.3) is 0 Å². The summed E-state index contributed by atoms with van der Waals surface area (Å²) >= 11 is 0. The highest BCUT2D eigenvalue weighted by atomic mass is 16.5. The van der Waals surface area contributed by atoms with Crippen LogP contribution in [-0.4, -0.2) is 0 Å². The van der Waals surface area contributed by atoms with Gasteiger partial charge < -0.3 is 9.47 Å². The van der Waals surface area contributed by atoms with E-state index in [9.17, 15) is 10.5 Å². The van der Waals surface area contributed by atoms with E-state index in [0.717, 1.165) is 16.7 Å². The fourth-order valence-electron chi connectivity index (χ4n) is 4.06. The Morgan fingerprint density at radius 2 is 1.23 bits per heavy atom. The van der Waals surface area contributed by atoms with E-state index in [0.29, 0.717) is 22.8 Å². The third kappa shape index (κ3) is 2.90. The van der Waals surface area contributed by atoms with Gasteiger partial charge in [0, 0.05) is 16.7 Å². The van der Waals surface area contributed by atoms with Crippen molar-refractivity contribution in [2.45, 2.75) is 5.60 Å². The monoisotopic (exact) mass is 400 g/mol. The fraction of sp³-hybridized carbons (Fsp3) is 0.0370. The molecule has 146 valence electrons. The van der Waals surface area contributed by atoms with Crippen LogP contribution in [-0.2, 0) is 5.60 Å². The number of ether oxygens (including phenoxy) is 2. The van der Waals surface area contributed by atoms with E-state index >= 15 is 0 Å². The topological polar surface area (TPSA) is 66.0 Å². The average Bonchev–Trinajstić information content (AvgIpc) is 2.84. The van der Waals surface area contributed by atoms with Crippen molar-refractivity contribution in [3.8, 4) is 29.4 Å². The Labute approximate surface area is 180 Å². The first-order chi connectivity index (χ1) is 15.3. The van der Waals surface area contributed by atoms with Crippen LogP contribution in [0, 0.1) is 22.7 Å². The molecule has 0 aromatic heterocycles. The first-order valence-corrected chi connectivity index (χ1v) is 9.82. The number of hydrogen-bond acceptors (Lipinski definition) is 4. The SMILES string of the molecule is N#Cc1ccc(OC2(c3ccccc3)c3ccccc3Oc3ccccc32)cc1C#N. The van der Waals surface area contributed by atoms with Crippen LogP contribution in [0.1, 0.15) is 27.8 Å². The summed E-state index contributed by atoms with van der Waals surface area (Å²) in [5.74, 6) is 1.91. The Balaban J connectivity index is 1.81. The van der Waals surface area contributed by atoms with Gasteiger partial charge in [0.2, 0.25) is 0 Å². The number of para-hydroxylation sites is 2. The average molecular weight is 400 g/mol. The van der Waals surface area contributed by atoms with Gasteiger partial charge in [0.1, 0.15) is 29.4 Å². The molecule has 0 atom stereocenters. The minimum atomic E-state index is -0.992. The molecule has 0 radical (unpaired) electrons. The van der Waals surface area contributed by atoms with Crippen molar-refractivity contribution in [2.24, 2.45) is 0 Å². The molecule has 0 fully saturated rings. The van der Waals surface area contributed by atoms with Crippen molar-refractivity contribution in [1.29, 1.82) is 10.5 Å². The summed E-state index contributed by atoms with van der Waals surface area (Å²) in [6.07, 6.45) is 0. The molecule has 0 saturated carbocycles. The van der Waals surface area contributed by atoms with Crippen LogP contribution in [0.3, 0.4) is 0 Å². The highest BCUT2D eigenvalue weighted by Gasteiger charge is 2.46. The van der Waals surface area contributed by atoms with Gasteiger partial charge in [-0.2, -0.15) is 10.5 Å². The van der Waals surface area contributed by atoms with Crippen LogP contribution in [0.2, 0.25) is 0 Å². The van der Waals surface area contributed by atoms with E-state index in [4.69, 9.17) is 9.47 Å². The van der Waals surface area contributed by atoms with Gasteiger partial charge in [-0.05, 0) is 30.3 Å². The second-order valence-electron chi connectivity index (χ2n) is 7.17. The molecule has 0 spiro atoms. The summed E-state index contributed by atoms with van der Waals surface area (Å²) in [7, 11) is 0. The standard InChI is InChI=1S/C27H16N2O2/c28-17-19-14-15-22(16-20(19)18-29)31-27(21-8-2-1-3-9-21)23-10-4-6-12-25(23)30-26-13-7-5-11-24(26)27/h1-16H. The van der Waals surface area contributed by atoms with Gasteiger partial charge in [0.05, 0.1) is 11.1 Å². The lowest BCUT2D eigenvalue weighted by Gasteiger charge is -2.40. The Morgan fingerprint density at radius 1 is 0.645 bits per heavy atom. The number of hydrogen-bond donors (Lipinski definition) is 0. The molecule has 0 bridgehead atoms. The van der Waals surface area contributed by atoms with E-state index in [2.05, 4.69) is 12.1 Å². The number of rotatable bonds is 3. The second kappa shape index (κ2) is 7.37. The number of nitriles is 2. The molecule has 31 heavy (non-hydrogen) atoms. The number of nitrogens with zero attached hydrogens (tertiary/aromatic N) is 2. The van der Waals surface area contributed by atoms with E-state index < -0.39 is 5.60 Å². The zero-order valence-corrected chi connectivity index (χ0v) is 16.4. The zero-order valence-electron chi connectivity index (χ0n) is 16.4. The molecule has 0 N–H and O–H groups in total. The molecule has 0 aliphatic carbocycles. The Bertz CT molecular complexity index is 1320. The Morgan fingerprint density at radius 3 is 1.84 bits per heavy atom. The summed E-state index contributed by atoms with van der Waals surface area (Å²) in [6.45, 7) is 0. The molecule has 0 unspecified atom stereocenters. The largest absolute Gasteiger partial charge is 0.473 e. The maximum absolute atomic E-state index is 9.50. The lowest BCUT2D eigenvalue weighted by atomic mass is 9.77. The molecule has 0 saturated heterocycles. The molecule has 0 amide bonds. The molecular weight excluding hydrogens is 384 g/mol. The minimum absolute atomic E-state index is 0.275. The summed E-state index contributed by atoms with van der Waals surface area (Å²) in [4.78, 5) is 0. The molecule has 4 aromatic carbocycles. The van der Waals surface area contributed by atoms with Crippen LogP contribution < -0.4 is 9.47 Å². The lowest BCUT2D eigenvalue weighted by molar-refractivity contribution is 0.141. The third-order valence-electron chi connectivity index (χ3n) is 5.44. The van der Waals surface area contributed by atoms with Gasteiger partial charge in [0.15, 0.2) is 5.60 Å². The fourth-order valence-corrected chi connectivity index (χ4v) is 4.06. The predicted molar refractivity (Wildman–Crippen MR) is 116 cm³/mol. The van der Waals surface area contributed by atoms with Crippen LogP contribution in [0.15, 0.2) is 97.1 Å². The summed E-state index contributed by atoms with van der Waals surface area (Å²) in [6, 6.07) is 34.6. The van der Waals surface area contributed by atoms with E-state index in [-0.39, 0.29) is 5.56 Å². The van der Waals surface area contributed by atoms with Crippen molar-refractivity contribution in [3.63, 3.8) is 0 Å². The molecule has 4 heteroatoms. The first kappa shape index (κ1) is 18.5. The third-order valence-corrected chi connectivity index (χ3v) is 5.44. The Kier molecular flexibility index (Phi) is 4.40. The minimum Gasteiger partial charge on any atom is -0.473 e. The second-order valence-corrected chi connectivity index (χ2v) is 7.17. The number of fused-ring (bicyclic) bond motifs is 2. The molecular formula is C27H16N2O2. The normalized spacial score (nSPS) is 13.0. The van der Waals surface area contributed by atoms with Crippen LogP contribution >= 0.6 is 0 Å². The van der Waals surface area contributed by atoms with Gasteiger partial charge >= 0.3 is 0 Å². The lowest BCUT2D eigenvalue weighted by Crippen LogP contribution is -2.38. The number of benzene rings is 4. The van der Waals surface area contributed by atoms with Gasteiger partial charge in [-0.25, -0.2) is 0 Å². The smallest absolute Gasteiger partial charge is 0.191 e. The van der Waals surface area contributed by atoms with Gasteiger partial charge in [-0.1, -0.05) is 66.7 Å². The quantitative estimate of drug-likeness (QED) is 0.429. The summed E-state index contributed by atoms with van der Waals surface area (Å²) < 4.78 is 13.0. The first-order valence-electron chi connectivity index (χ1n) is 9.82. The Hall–Kier alpha value is -4.54. The predicted octanol–water partition coefficient (Wildman–Crippen LogP) is 5.91. The van der Waals surface area contributed by atoms with Crippen molar-refractivity contribution in [3.05, 3.63) is 125 Å². The maximum Gasteiger partial charge on any atom is 0.191 e. The highest BCUT2D eigenvalue weighted by molar-refractivity contribution is 5.62. The molecule has 1 aliphatic rings. The molecule has 1 heterocycles. The maximum atomic E-state index is 9.50. The van der Waals surface area contributed by atoms with E-state index in [1.165, 1.54) is 0 Å². The van der Waals surface area contributed by atoms with Crippen molar-refractivity contribution in [2.75, 3.05) is 0 Å². The molecule has 4 nitrogen and oxygen atoms in total.